The number of nitrogens with zero attached hydrogens (tertiary/aromatic N) is 1. The molecule has 1 aromatic heterocycles. The van der Waals surface area contributed by atoms with Gasteiger partial charge in [-0.25, -0.2) is 9.37 Å². The van der Waals surface area contributed by atoms with Crippen LogP contribution in [-0.2, 0) is 0 Å². The fourth-order valence-corrected chi connectivity index (χ4v) is 2.86. The maximum atomic E-state index is 13.8. The third-order valence-electron chi connectivity index (χ3n) is 2.33. The smallest absolute Gasteiger partial charge is 0.257 e. The van der Waals surface area contributed by atoms with Crippen molar-refractivity contribution in [3.05, 3.63) is 54.9 Å². The number of halogens is 5. The highest BCUT2D eigenvalue weighted by atomic mass is 79.9. The number of hydrogen-bond acceptors (Lipinski definition) is 2. The Balaban J connectivity index is 2.35. The summed E-state index contributed by atoms with van der Waals surface area (Å²) in [5.74, 6) is -1.25. The first-order chi connectivity index (χ1) is 9.40. The molecule has 0 fully saturated rings. The van der Waals surface area contributed by atoms with Gasteiger partial charge < -0.3 is 5.32 Å². The molecule has 0 aliphatic rings. The number of pyridine rings is 1. The molecule has 0 aliphatic carbocycles. The molecule has 0 radical (unpaired) electrons. The summed E-state index contributed by atoms with van der Waals surface area (Å²) in [5, 5.41) is 2.78. The molecule has 0 aliphatic heterocycles. The second-order valence-electron chi connectivity index (χ2n) is 3.65. The molecule has 0 saturated heterocycles. The molecule has 2 aromatic rings. The minimum Gasteiger partial charge on any atom is -0.319 e. The SMILES string of the molecule is O=C(Nc1cc(Br)nc(Br)c1F)c1cccc(Cl)c1Cl. The largest absolute Gasteiger partial charge is 0.319 e. The summed E-state index contributed by atoms with van der Waals surface area (Å²) in [6.07, 6.45) is 0. The van der Waals surface area contributed by atoms with E-state index >= 15 is 0 Å². The fraction of sp³-hybridized carbons (Fsp3) is 0. The van der Waals surface area contributed by atoms with E-state index in [4.69, 9.17) is 23.2 Å². The number of amides is 1. The van der Waals surface area contributed by atoms with Crippen LogP contribution in [0.4, 0.5) is 10.1 Å². The molecular weight excluding hydrogens is 438 g/mol. The van der Waals surface area contributed by atoms with Gasteiger partial charge in [-0.1, -0.05) is 29.3 Å². The van der Waals surface area contributed by atoms with E-state index in [1.807, 2.05) is 0 Å². The highest BCUT2D eigenvalue weighted by Crippen LogP contribution is 2.28. The highest BCUT2D eigenvalue weighted by Gasteiger charge is 2.16. The van der Waals surface area contributed by atoms with Crippen LogP contribution in [-0.4, -0.2) is 10.9 Å². The van der Waals surface area contributed by atoms with Gasteiger partial charge in [0.1, 0.15) is 9.21 Å². The van der Waals surface area contributed by atoms with E-state index in [9.17, 15) is 9.18 Å². The average Bonchev–Trinajstić information content (AvgIpc) is 2.38. The lowest BCUT2D eigenvalue weighted by molar-refractivity contribution is 0.102. The molecule has 104 valence electrons. The van der Waals surface area contributed by atoms with Gasteiger partial charge in [-0.3, -0.25) is 4.79 Å². The zero-order valence-electron chi connectivity index (χ0n) is 9.55. The van der Waals surface area contributed by atoms with Crippen LogP contribution in [0.3, 0.4) is 0 Å². The second-order valence-corrected chi connectivity index (χ2v) is 6.00. The Morgan fingerprint density at radius 2 is 2.00 bits per heavy atom. The molecule has 8 heteroatoms. The average molecular weight is 443 g/mol. The van der Waals surface area contributed by atoms with E-state index in [-0.39, 0.29) is 25.9 Å². The zero-order chi connectivity index (χ0) is 14.9. The van der Waals surface area contributed by atoms with Crippen LogP contribution >= 0.6 is 55.1 Å². The van der Waals surface area contributed by atoms with Gasteiger partial charge in [-0.15, -0.1) is 0 Å². The van der Waals surface area contributed by atoms with Gasteiger partial charge >= 0.3 is 0 Å². The molecule has 1 heterocycles. The quantitative estimate of drug-likeness (QED) is 0.641. The van der Waals surface area contributed by atoms with Gasteiger partial charge in [-0.2, -0.15) is 0 Å². The van der Waals surface area contributed by atoms with Crippen molar-refractivity contribution in [1.82, 2.24) is 4.98 Å². The van der Waals surface area contributed by atoms with Crippen molar-refractivity contribution in [1.29, 1.82) is 0 Å². The summed E-state index contributed by atoms with van der Waals surface area (Å²) in [6, 6.07) is 5.97. The van der Waals surface area contributed by atoms with Crippen molar-refractivity contribution in [3.8, 4) is 0 Å². The molecule has 3 nitrogen and oxygen atoms in total. The van der Waals surface area contributed by atoms with Crippen molar-refractivity contribution in [3.63, 3.8) is 0 Å². The third kappa shape index (κ3) is 3.31. The van der Waals surface area contributed by atoms with Crippen molar-refractivity contribution in [2.75, 3.05) is 5.32 Å². The van der Waals surface area contributed by atoms with Crippen LogP contribution in [0.1, 0.15) is 10.4 Å². The Morgan fingerprint density at radius 3 is 2.70 bits per heavy atom. The van der Waals surface area contributed by atoms with Gasteiger partial charge in [0.25, 0.3) is 5.91 Å². The minimum absolute atomic E-state index is 0.0145. The van der Waals surface area contributed by atoms with Crippen LogP contribution in [0.2, 0.25) is 10.0 Å². The lowest BCUT2D eigenvalue weighted by atomic mass is 10.2. The summed E-state index contributed by atoms with van der Waals surface area (Å²) in [7, 11) is 0. The molecule has 1 amide bonds. The number of carbonyl (C=O) groups is 1. The molecular formula is C12H5Br2Cl2FN2O. The minimum atomic E-state index is -0.681. The first-order valence-electron chi connectivity index (χ1n) is 5.17. The Morgan fingerprint density at radius 1 is 1.30 bits per heavy atom. The Bertz CT molecular complexity index is 697. The van der Waals surface area contributed by atoms with E-state index < -0.39 is 11.7 Å². The highest BCUT2D eigenvalue weighted by molar-refractivity contribution is 9.11. The predicted molar refractivity (Wildman–Crippen MR) is 84.0 cm³/mol. The van der Waals surface area contributed by atoms with Crippen molar-refractivity contribution in [2.45, 2.75) is 0 Å². The fourth-order valence-electron chi connectivity index (χ4n) is 1.43. The number of nitrogens with one attached hydrogen (secondary N) is 1. The molecule has 0 bridgehead atoms. The number of hydrogen-bond donors (Lipinski definition) is 1. The molecule has 0 saturated carbocycles. The first kappa shape index (κ1) is 15.7. The number of rotatable bonds is 2. The first-order valence-corrected chi connectivity index (χ1v) is 7.51. The monoisotopic (exact) mass is 440 g/mol. The number of carbonyl (C=O) groups excluding carboxylic acids is 1. The van der Waals surface area contributed by atoms with Crippen molar-refractivity contribution in [2.24, 2.45) is 0 Å². The summed E-state index contributed by atoms with van der Waals surface area (Å²) in [5.41, 5.74) is 0.127. The predicted octanol–water partition coefficient (Wildman–Crippen LogP) is 5.30. The van der Waals surface area contributed by atoms with Gasteiger partial charge in [0.15, 0.2) is 5.82 Å². The number of benzene rings is 1. The van der Waals surface area contributed by atoms with Crippen LogP contribution in [0, 0.1) is 5.82 Å². The summed E-state index contributed by atoms with van der Waals surface area (Å²) in [4.78, 5) is 15.9. The van der Waals surface area contributed by atoms with Crippen molar-refractivity contribution < 1.29 is 9.18 Å². The van der Waals surface area contributed by atoms with Crippen LogP contribution in [0.25, 0.3) is 0 Å². The molecule has 2 rings (SSSR count). The van der Waals surface area contributed by atoms with Crippen LogP contribution in [0.5, 0.6) is 0 Å². The van der Waals surface area contributed by atoms with E-state index in [0.29, 0.717) is 4.60 Å². The number of aromatic nitrogens is 1. The van der Waals surface area contributed by atoms with Crippen LogP contribution < -0.4 is 5.32 Å². The second kappa shape index (κ2) is 6.39. The Hall–Kier alpha value is -0.690. The lowest BCUT2D eigenvalue weighted by Gasteiger charge is -2.09. The van der Waals surface area contributed by atoms with Gasteiger partial charge in [0, 0.05) is 0 Å². The molecule has 1 aromatic carbocycles. The lowest BCUT2D eigenvalue weighted by Crippen LogP contribution is -2.14. The standard InChI is InChI=1S/C12H5Br2Cl2FN2O/c13-8-4-7(10(17)11(14)19-8)18-12(20)5-2-1-3-6(15)9(5)16/h1-4H,(H,18,19,20). The normalized spacial score (nSPS) is 10.4. The van der Waals surface area contributed by atoms with Crippen LogP contribution in [0.15, 0.2) is 33.5 Å². The molecule has 0 unspecified atom stereocenters. The Kier molecular flexibility index (Phi) is 5.01. The van der Waals surface area contributed by atoms with E-state index in [1.165, 1.54) is 12.1 Å². The Labute approximate surface area is 140 Å². The van der Waals surface area contributed by atoms with E-state index in [2.05, 4.69) is 42.2 Å². The van der Waals surface area contributed by atoms with Crippen molar-refractivity contribution >= 4 is 66.7 Å². The molecule has 0 spiro atoms. The van der Waals surface area contributed by atoms with E-state index in [1.54, 1.807) is 12.1 Å². The maximum absolute atomic E-state index is 13.8. The van der Waals surface area contributed by atoms with Gasteiger partial charge in [0.05, 0.1) is 21.3 Å². The van der Waals surface area contributed by atoms with Gasteiger partial charge in [-0.05, 0) is 50.1 Å². The maximum Gasteiger partial charge on any atom is 0.257 e. The topological polar surface area (TPSA) is 42.0 Å². The molecule has 0 atom stereocenters. The summed E-state index contributed by atoms with van der Waals surface area (Å²) >= 11 is 17.8. The zero-order valence-corrected chi connectivity index (χ0v) is 14.2. The summed E-state index contributed by atoms with van der Waals surface area (Å²) in [6.45, 7) is 0. The summed E-state index contributed by atoms with van der Waals surface area (Å²) < 4.78 is 14.2. The third-order valence-corrected chi connectivity index (χ3v) is 4.08. The molecule has 1 N–H and O–H groups in total. The van der Waals surface area contributed by atoms with Gasteiger partial charge in [0.2, 0.25) is 0 Å². The number of anilines is 1. The van der Waals surface area contributed by atoms with E-state index in [0.717, 1.165) is 0 Å². The molecule has 20 heavy (non-hydrogen) atoms.